The second kappa shape index (κ2) is 10.4. The molecule has 0 spiro atoms. The number of benzene rings is 1. The van der Waals surface area contributed by atoms with Crippen LogP contribution in [-0.4, -0.2) is 47.0 Å². The number of rotatable bonds is 6. The van der Waals surface area contributed by atoms with Crippen LogP contribution in [0.3, 0.4) is 0 Å². The van der Waals surface area contributed by atoms with Crippen LogP contribution in [0, 0.1) is 5.92 Å². The summed E-state index contributed by atoms with van der Waals surface area (Å²) in [5.41, 5.74) is 2.73. The molecule has 0 atom stereocenters. The largest absolute Gasteiger partial charge is 0.352 e. The molecule has 1 aliphatic heterocycles. The average Bonchev–Trinajstić information content (AvgIpc) is 3.03. The fourth-order valence-corrected chi connectivity index (χ4v) is 6.54. The van der Waals surface area contributed by atoms with Gasteiger partial charge in [-0.3, -0.25) is 4.79 Å². The van der Waals surface area contributed by atoms with Crippen molar-refractivity contribution in [3.63, 3.8) is 0 Å². The third-order valence-electron chi connectivity index (χ3n) is 7.08. The number of carbonyl (C=O) groups excluding carboxylic acids is 1. The average molecular weight is 477 g/mol. The van der Waals surface area contributed by atoms with Crippen molar-refractivity contribution in [2.24, 2.45) is 5.92 Å². The van der Waals surface area contributed by atoms with Crippen molar-refractivity contribution in [1.82, 2.24) is 14.9 Å². The van der Waals surface area contributed by atoms with E-state index >= 15 is 0 Å². The van der Waals surface area contributed by atoms with Crippen molar-refractivity contribution in [1.29, 1.82) is 0 Å². The van der Waals surface area contributed by atoms with Crippen LogP contribution in [0.4, 0.5) is 5.82 Å². The highest BCUT2D eigenvalue weighted by atomic mass is 32.1. The van der Waals surface area contributed by atoms with Gasteiger partial charge in [0, 0.05) is 43.9 Å². The maximum atomic E-state index is 12.9. The van der Waals surface area contributed by atoms with Gasteiger partial charge < -0.3 is 9.80 Å². The van der Waals surface area contributed by atoms with Crippen LogP contribution in [-0.2, 0) is 30.5 Å². The van der Waals surface area contributed by atoms with E-state index in [1.165, 1.54) is 51.9 Å². The molecule has 0 unspecified atom stereocenters. The molecule has 2 aromatic heterocycles. The van der Waals surface area contributed by atoms with Crippen LogP contribution in [0.15, 0.2) is 30.3 Å². The number of fused-ring (bicyclic) bond motifs is 3. The van der Waals surface area contributed by atoms with Gasteiger partial charge in [0.05, 0.1) is 5.39 Å². The van der Waals surface area contributed by atoms with E-state index < -0.39 is 0 Å². The minimum atomic E-state index is 0.265. The van der Waals surface area contributed by atoms with Crippen molar-refractivity contribution < 1.29 is 4.79 Å². The quantitative estimate of drug-likeness (QED) is 0.445. The van der Waals surface area contributed by atoms with Crippen LogP contribution in [0.2, 0.25) is 0 Å². The smallest absolute Gasteiger partial charge is 0.223 e. The van der Waals surface area contributed by atoms with Crippen LogP contribution in [0.1, 0.15) is 61.4 Å². The molecular weight excluding hydrogens is 440 g/mol. The van der Waals surface area contributed by atoms with Gasteiger partial charge in [-0.05, 0) is 49.1 Å². The Hall–Kier alpha value is -2.47. The predicted octanol–water partition coefficient (Wildman–Crippen LogP) is 5.44. The van der Waals surface area contributed by atoms with Gasteiger partial charge in [-0.25, -0.2) is 9.97 Å². The topological polar surface area (TPSA) is 49.3 Å². The number of aryl methyl sites for hydroxylation is 3. The molecule has 1 amide bonds. The maximum absolute atomic E-state index is 12.9. The minimum Gasteiger partial charge on any atom is -0.352 e. The first-order valence-corrected chi connectivity index (χ1v) is 13.8. The van der Waals surface area contributed by atoms with E-state index in [2.05, 4.69) is 30.9 Å². The molecule has 3 heterocycles. The third kappa shape index (κ3) is 5.12. The highest BCUT2D eigenvalue weighted by Crippen LogP contribution is 2.39. The van der Waals surface area contributed by atoms with Crippen molar-refractivity contribution in [2.75, 3.05) is 31.1 Å². The van der Waals surface area contributed by atoms with E-state index in [-0.39, 0.29) is 5.91 Å². The normalized spacial score (nSPS) is 16.7. The Bertz CT molecular complexity index is 1130. The number of nitrogens with zero attached hydrogens (tertiary/aromatic N) is 4. The summed E-state index contributed by atoms with van der Waals surface area (Å²) in [5, 5.41) is 1.30. The molecule has 1 saturated heterocycles. The van der Waals surface area contributed by atoms with Gasteiger partial charge >= 0.3 is 0 Å². The number of anilines is 1. The molecule has 0 saturated carbocycles. The summed E-state index contributed by atoms with van der Waals surface area (Å²) in [5.74, 6) is 2.88. The predicted molar refractivity (Wildman–Crippen MR) is 141 cm³/mol. The first kappa shape index (κ1) is 23.3. The second-order valence-corrected chi connectivity index (χ2v) is 11.2. The molecule has 180 valence electrons. The summed E-state index contributed by atoms with van der Waals surface area (Å²) in [4.78, 5) is 30.2. The monoisotopic (exact) mass is 476 g/mol. The summed E-state index contributed by atoms with van der Waals surface area (Å²) in [6.45, 7) is 7.69. The summed E-state index contributed by atoms with van der Waals surface area (Å²) >= 11 is 1.90. The fourth-order valence-electron chi connectivity index (χ4n) is 5.26. The molecule has 5 rings (SSSR count). The van der Waals surface area contributed by atoms with Crippen LogP contribution in [0.25, 0.3) is 10.2 Å². The SMILES string of the molecule is CC(C)Cc1nc(N2CCN(C(=O)CCc3ccccc3)CC2)c2c3c(sc2n1)CCCCC3. The van der Waals surface area contributed by atoms with E-state index in [1.807, 2.05) is 34.4 Å². The first-order chi connectivity index (χ1) is 16.6. The minimum absolute atomic E-state index is 0.265. The molecule has 0 bridgehead atoms. The standard InChI is InChI=1S/C28H36N4OS/c1-20(2)19-24-29-27(26-22-11-7-4-8-12-23(22)34-28(26)30-24)32-17-15-31(16-18-32)25(33)14-13-21-9-5-3-6-10-21/h3,5-6,9-10,20H,4,7-8,11-19H2,1-2H3. The second-order valence-electron chi connectivity index (χ2n) is 10.2. The van der Waals surface area contributed by atoms with E-state index in [0.717, 1.165) is 57.1 Å². The summed E-state index contributed by atoms with van der Waals surface area (Å²) in [6.07, 6.45) is 8.48. The lowest BCUT2D eigenvalue weighted by atomic mass is 10.1. The van der Waals surface area contributed by atoms with E-state index in [0.29, 0.717) is 12.3 Å². The molecule has 6 heteroatoms. The van der Waals surface area contributed by atoms with Gasteiger partial charge in [0.2, 0.25) is 5.91 Å². The molecule has 5 nitrogen and oxygen atoms in total. The lowest BCUT2D eigenvalue weighted by Gasteiger charge is -2.36. The fraction of sp³-hybridized carbons (Fsp3) is 0.536. The van der Waals surface area contributed by atoms with E-state index in [4.69, 9.17) is 9.97 Å². The highest BCUT2D eigenvalue weighted by Gasteiger charge is 2.27. The lowest BCUT2D eigenvalue weighted by molar-refractivity contribution is -0.131. The zero-order valence-corrected chi connectivity index (χ0v) is 21.4. The summed E-state index contributed by atoms with van der Waals surface area (Å²) < 4.78 is 0. The summed E-state index contributed by atoms with van der Waals surface area (Å²) in [6, 6.07) is 10.3. The molecule has 34 heavy (non-hydrogen) atoms. The van der Waals surface area contributed by atoms with Gasteiger partial charge in [-0.15, -0.1) is 11.3 Å². The molecule has 1 aromatic carbocycles. The number of amides is 1. The third-order valence-corrected chi connectivity index (χ3v) is 8.27. The van der Waals surface area contributed by atoms with Crippen LogP contribution >= 0.6 is 11.3 Å². The number of carbonyl (C=O) groups is 1. The Morgan fingerprint density at radius 1 is 1.00 bits per heavy atom. The zero-order valence-electron chi connectivity index (χ0n) is 20.6. The van der Waals surface area contributed by atoms with Gasteiger partial charge in [-0.1, -0.05) is 50.6 Å². The van der Waals surface area contributed by atoms with Crippen molar-refractivity contribution in [2.45, 2.75) is 65.2 Å². The Balaban J connectivity index is 1.34. The van der Waals surface area contributed by atoms with Crippen molar-refractivity contribution in [3.05, 3.63) is 52.2 Å². The molecule has 3 aromatic rings. The Morgan fingerprint density at radius 2 is 1.76 bits per heavy atom. The Labute approximate surface area is 207 Å². The summed E-state index contributed by atoms with van der Waals surface area (Å²) in [7, 11) is 0. The van der Waals surface area contributed by atoms with E-state index in [1.54, 1.807) is 0 Å². The van der Waals surface area contributed by atoms with Gasteiger partial charge in [-0.2, -0.15) is 0 Å². The highest BCUT2D eigenvalue weighted by molar-refractivity contribution is 7.19. The molecular formula is C28H36N4OS. The Morgan fingerprint density at radius 3 is 2.53 bits per heavy atom. The van der Waals surface area contributed by atoms with Crippen LogP contribution < -0.4 is 4.90 Å². The van der Waals surface area contributed by atoms with Gasteiger partial charge in [0.15, 0.2) is 0 Å². The molecule has 1 fully saturated rings. The number of hydrogen-bond donors (Lipinski definition) is 0. The van der Waals surface area contributed by atoms with Crippen molar-refractivity contribution in [3.8, 4) is 0 Å². The molecule has 2 aliphatic rings. The maximum Gasteiger partial charge on any atom is 0.223 e. The number of hydrogen-bond acceptors (Lipinski definition) is 5. The van der Waals surface area contributed by atoms with Gasteiger partial charge in [0.25, 0.3) is 0 Å². The first-order valence-electron chi connectivity index (χ1n) is 13.0. The number of thiophene rings is 1. The molecule has 0 N–H and O–H groups in total. The Kier molecular flexibility index (Phi) is 7.14. The zero-order chi connectivity index (χ0) is 23.5. The number of piperazine rings is 1. The van der Waals surface area contributed by atoms with Gasteiger partial charge in [0.1, 0.15) is 16.5 Å². The van der Waals surface area contributed by atoms with E-state index in [9.17, 15) is 4.79 Å². The van der Waals surface area contributed by atoms with Crippen LogP contribution in [0.5, 0.6) is 0 Å². The van der Waals surface area contributed by atoms with Crippen molar-refractivity contribution >= 4 is 33.3 Å². The molecule has 0 radical (unpaired) electrons. The lowest BCUT2D eigenvalue weighted by Crippen LogP contribution is -2.49. The number of aromatic nitrogens is 2. The molecule has 1 aliphatic carbocycles.